The molecule has 0 unspecified atom stereocenters. The largest absolute Gasteiger partial charge is 0.492 e. The fourth-order valence-corrected chi connectivity index (χ4v) is 4.43. The van der Waals surface area contributed by atoms with E-state index in [-0.39, 0.29) is 12.4 Å². The van der Waals surface area contributed by atoms with Gasteiger partial charge >= 0.3 is 5.97 Å². The summed E-state index contributed by atoms with van der Waals surface area (Å²) in [5, 5.41) is 3.45. The zero-order chi connectivity index (χ0) is 19.1. The van der Waals surface area contributed by atoms with Crippen LogP contribution in [0.4, 0.5) is 0 Å². The summed E-state index contributed by atoms with van der Waals surface area (Å²) in [6, 6.07) is 7.78. The van der Waals surface area contributed by atoms with Crippen molar-refractivity contribution < 1.29 is 19.1 Å². The Hall–Kier alpha value is -1.71. The number of aromatic nitrogens is 2. The van der Waals surface area contributed by atoms with Crippen molar-refractivity contribution in [3.8, 4) is 5.75 Å². The number of ketones is 1. The molecule has 0 saturated carbocycles. The SMILES string of the molecule is CCOC(=O)[C@@H](Sc1nn(CCOc2ccc(C)cc2)c(=S)s1)C(C)=O. The summed E-state index contributed by atoms with van der Waals surface area (Å²) in [6.45, 7) is 6.20. The number of carbonyl (C=O) groups is 2. The second-order valence-corrected chi connectivity index (χ2v) is 8.35. The molecule has 1 aromatic heterocycles. The van der Waals surface area contributed by atoms with Crippen molar-refractivity contribution in [3.63, 3.8) is 0 Å². The number of aryl methyl sites for hydroxylation is 1. The van der Waals surface area contributed by atoms with Crippen LogP contribution in [0.3, 0.4) is 0 Å². The summed E-state index contributed by atoms with van der Waals surface area (Å²) >= 11 is 7.63. The molecule has 140 valence electrons. The third-order valence-corrected chi connectivity index (χ3v) is 5.95. The monoisotopic (exact) mass is 412 g/mol. The number of carbonyl (C=O) groups excluding carboxylic acids is 2. The van der Waals surface area contributed by atoms with E-state index in [2.05, 4.69) is 5.10 Å². The highest BCUT2D eigenvalue weighted by atomic mass is 32.2. The molecule has 0 bridgehead atoms. The van der Waals surface area contributed by atoms with Crippen LogP contribution in [0, 0.1) is 10.9 Å². The van der Waals surface area contributed by atoms with Gasteiger partial charge in [0.25, 0.3) is 0 Å². The third kappa shape index (κ3) is 5.93. The van der Waals surface area contributed by atoms with E-state index in [1.54, 1.807) is 11.6 Å². The molecule has 0 spiro atoms. The second-order valence-electron chi connectivity index (χ2n) is 5.38. The average Bonchev–Trinajstić information content (AvgIpc) is 2.94. The Labute approximate surface area is 165 Å². The van der Waals surface area contributed by atoms with Crippen molar-refractivity contribution in [2.24, 2.45) is 0 Å². The summed E-state index contributed by atoms with van der Waals surface area (Å²) in [4.78, 5) is 23.6. The van der Waals surface area contributed by atoms with E-state index in [1.165, 1.54) is 23.8 Å². The highest BCUT2D eigenvalue weighted by Gasteiger charge is 2.27. The summed E-state index contributed by atoms with van der Waals surface area (Å²) in [7, 11) is 0. The Morgan fingerprint density at radius 2 is 2.04 bits per heavy atom. The van der Waals surface area contributed by atoms with E-state index < -0.39 is 11.2 Å². The van der Waals surface area contributed by atoms with Gasteiger partial charge in [-0.1, -0.05) is 40.8 Å². The molecule has 26 heavy (non-hydrogen) atoms. The number of ether oxygens (including phenoxy) is 2. The lowest BCUT2D eigenvalue weighted by Crippen LogP contribution is -2.27. The predicted molar refractivity (Wildman–Crippen MR) is 105 cm³/mol. The molecule has 9 heteroatoms. The maximum atomic E-state index is 11.9. The minimum atomic E-state index is -0.923. The lowest BCUT2D eigenvalue weighted by Gasteiger charge is -2.10. The molecule has 0 aliphatic heterocycles. The number of hydrogen-bond acceptors (Lipinski definition) is 8. The molecule has 2 aromatic rings. The maximum absolute atomic E-state index is 11.9. The van der Waals surface area contributed by atoms with Gasteiger partial charge in [-0.2, -0.15) is 5.10 Å². The average molecular weight is 413 g/mol. The van der Waals surface area contributed by atoms with Crippen molar-refractivity contribution >= 4 is 47.1 Å². The van der Waals surface area contributed by atoms with Gasteiger partial charge in [0, 0.05) is 0 Å². The Bertz CT molecular complexity index is 814. The molecule has 0 aliphatic carbocycles. The minimum Gasteiger partial charge on any atom is -0.492 e. The highest BCUT2D eigenvalue weighted by molar-refractivity contribution is 8.03. The Morgan fingerprint density at radius 3 is 2.65 bits per heavy atom. The van der Waals surface area contributed by atoms with Crippen molar-refractivity contribution in [1.29, 1.82) is 0 Å². The van der Waals surface area contributed by atoms with Gasteiger partial charge < -0.3 is 9.47 Å². The maximum Gasteiger partial charge on any atom is 0.327 e. The summed E-state index contributed by atoms with van der Waals surface area (Å²) in [5.74, 6) is -0.0462. The van der Waals surface area contributed by atoms with Crippen LogP contribution in [0.2, 0.25) is 0 Å². The molecule has 1 aromatic carbocycles. The molecule has 6 nitrogen and oxygen atoms in total. The predicted octanol–water partition coefficient (Wildman–Crippen LogP) is 3.67. The van der Waals surface area contributed by atoms with Crippen LogP contribution in [0.5, 0.6) is 5.75 Å². The van der Waals surface area contributed by atoms with Gasteiger partial charge in [0.15, 0.2) is 19.3 Å². The lowest BCUT2D eigenvalue weighted by molar-refractivity contribution is -0.144. The first-order chi connectivity index (χ1) is 12.4. The Kier molecular flexibility index (Phi) is 7.80. The van der Waals surface area contributed by atoms with E-state index in [0.29, 0.717) is 21.4 Å². The lowest BCUT2D eigenvalue weighted by atomic mass is 10.2. The van der Waals surface area contributed by atoms with Crippen molar-refractivity contribution in [2.45, 2.75) is 36.9 Å². The number of hydrogen-bond donors (Lipinski definition) is 0. The summed E-state index contributed by atoms with van der Waals surface area (Å²) in [5.41, 5.74) is 1.17. The van der Waals surface area contributed by atoms with E-state index in [0.717, 1.165) is 17.5 Å². The molecule has 2 rings (SSSR count). The van der Waals surface area contributed by atoms with Crippen molar-refractivity contribution in [2.75, 3.05) is 13.2 Å². The van der Waals surface area contributed by atoms with E-state index >= 15 is 0 Å². The smallest absolute Gasteiger partial charge is 0.327 e. The zero-order valence-electron chi connectivity index (χ0n) is 14.8. The first-order valence-corrected chi connectivity index (χ1v) is 10.1. The number of benzene rings is 1. The van der Waals surface area contributed by atoms with Crippen LogP contribution < -0.4 is 4.74 Å². The van der Waals surface area contributed by atoms with Gasteiger partial charge in [-0.05, 0) is 45.1 Å². The molecular weight excluding hydrogens is 392 g/mol. The normalized spacial score (nSPS) is 11.8. The van der Waals surface area contributed by atoms with Gasteiger partial charge in [0.05, 0.1) is 13.2 Å². The van der Waals surface area contributed by atoms with Gasteiger partial charge in [-0.25, -0.2) is 4.68 Å². The fourth-order valence-electron chi connectivity index (χ4n) is 1.98. The number of nitrogens with zero attached hydrogens (tertiary/aromatic N) is 2. The Morgan fingerprint density at radius 1 is 1.35 bits per heavy atom. The molecule has 0 radical (unpaired) electrons. The molecule has 0 N–H and O–H groups in total. The minimum absolute atomic E-state index is 0.226. The standard InChI is InChI=1S/C17H20N2O4S3/c1-4-22-15(21)14(12(3)20)25-16-18-19(17(24)26-16)9-10-23-13-7-5-11(2)6-8-13/h5-8,14H,4,9-10H2,1-3H3/t14-/m0/s1. The molecule has 1 heterocycles. The second kappa shape index (κ2) is 9.84. The fraction of sp³-hybridized carbons (Fsp3) is 0.412. The van der Waals surface area contributed by atoms with E-state index in [1.807, 2.05) is 31.2 Å². The van der Waals surface area contributed by atoms with Gasteiger partial charge in [0.1, 0.15) is 12.4 Å². The summed E-state index contributed by atoms with van der Waals surface area (Å²) in [6.07, 6.45) is 0. The number of esters is 1. The van der Waals surface area contributed by atoms with Crippen LogP contribution in [-0.4, -0.2) is 40.0 Å². The number of rotatable bonds is 9. The molecule has 0 amide bonds. The first-order valence-electron chi connectivity index (χ1n) is 8.02. The van der Waals surface area contributed by atoms with Crippen LogP contribution in [0.25, 0.3) is 0 Å². The van der Waals surface area contributed by atoms with Crippen LogP contribution >= 0.6 is 35.3 Å². The zero-order valence-corrected chi connectivity index (χ0v) is 17.2. The van der Waals surface area contributed by atoms with Gasteiger partial charge in [-0.3, -0.25) is 9.59 Å². The van der Waals surface area contributed by atoms with Gasteiger partial charge in [-0.15, -0.1) is 0 Å². The van der Waals surface area contributed by atoms with E-state index in [4.69, 9.17) is 21.7 Å². The van der Waals surface area contributed by atoms with Gasteiger partial charge in [0.2, 0.25) is 0 Å². The van der Waals surface area contributed by atoms with Crippen molar-refractivity contribution in [3.05, 3.63) is 33.8 Å². The van der Waals surface area contributed by atoms with E-state index in [9.17, 15) is 9.59 Å². The van der Waals surface area contributed by atoms with Crippen LogP contribution in [0.1, 0.15) is 19.4 Å². The Balaban J connectivity index is 1.96. The van der Waals surface area contributed by atoms with Crippen molar-refractivity contribution in [1.82, 2.24) is 9.78 Å². The number of Topliss-reactive ketones (excluding diaryl/α,β-unsaturated/α-hetero) is 1. The molecule has 0 saturated heterocycles. The summed E-state index contributed by atoms with van der Waals surface area (Å²) < 4.78 is 13.4. The molecule has 0 fully saturated rings. The highest BCUT2D eigenvalue weighted by Crippen LogP contribution is 2.28. The topological polar surface area (TPSA) is 70.4 Å². The molecule has 0 aliphatic rings. The molecular formula is C17H20N2O4S3. The quantitative estimate of drug-likeness (QED) is 0.269. The first kappa shape index (κ1) is 20.6. The number of thioether (sulfide) groups is 1. The van der Waals surface area contributed by atoms with Crippen LogP contribution in [0.15, 0.2) is 28.6 Å². The molecule has 1 atom stereocenters. The third-order valence-electron chi connectivity index (χ3n) is 3.27. The van der Waals surface area contributed by atoms with Crippen LogP contribution in [-0.2, 0) is 20.9 Å².